The first kappa shape index (κ1) is 5.87. The van der Waals surface area contributed by atoms with Crippen molar-refractivity contribution in [3.05, 3.63) is 0 Å². The monoisotopic (exact) mass is 130 g/mol. The normalized spacial score (nSPS) is 19.0. The second-order valence-corrected chi connectivity index (χ2v) is 1.62. The molecule has 0 radical (unpaired) electrons. The van der Waals surface area contributed by atoms with E-state index >= 15 is 0 Å². The lowest BCUT2D eigenvalue weighted by molar-refractivity contribution is -0.175. The highest BCUT2D eigenvalue weighted by molar-refractivity contribution is 5.84. The molecule has 0 aliphatic carbocycles. The van der Waals surface area contributed by atoms with Crippen molar-refractivity contribution >= 4 is 12.0 Å². The van der Waals surface area contributed by atoms with Crippen molar-refractivity contribution in [3.63, 3.8) is 0 Å². The molecule has 9 heavy (non-hydrogen) atoms. The summed E-state index contributed by atoms with van der Waals surface area (Å²) in [7, 11) is 1.37. The fraction of sp³-hybridized carbons (Fsp3) is 0.500. The minimum absolute atomic E-state index is 0.0385. The highest BCUT2D eigenvalue weighted by atomic mass is 16.7. The van der Waals surface area contributed by atoms with Gasteiger partial charge in [-0.15, -0.1) is 0 Å². The van der Waals surface area contributed by atoms with E-state index in [2.05, 4.69) is 10.2 Å². The molecule has 0 unspecified atom stereocenters. The van der Waals surface area contributed by atoms with Crippen LogP contribution in [0.25, 0.3) is 0 Å². The van der Waals surface area contributed by atoms with Gasteiger partial charge in [0, 0.05) is 0 Å². The zero-order valence-corrected chi connectivity index (χ0v) is 4.88. The van der Waals surface area contributed by atoms with Crippen LogP contribution in [-0.4, -0.2) is 30.7 Å². The van der Waals surface area contributed by atoms with Crippen LogP contribution in [0, 0.1) is 0 Å². The van der Waals surface area contributed by atoms with Crippen molar-refractivity contribution in [2.24, 2.45) is 0 Å². The van der Waals surface area contributed by atoms with Gasteiger partial charge >= 0.3 is 12.0 Å². The van der Waals surface area contributed by atoms with Gasteiger partial charge in [0.25, 0.3) is 0 Å². The first-order valence-electron chi connectivity index (χ1n) is 2.42. The molecule has 1 saturated heterocycles. The van der Waals surface area contributed by atoms with Crippen LogP contribution in [0.4, 0.5) is 4.79 Å². The molecule has 1 rings (SSSR count). The van der Waals surface area contributed by atoms with Crippen molar-refractivity contribution in [1.29, 1.82) is 0 Å². The number of hydrogen-bond donors (Lipinski definition) is 1. The molecule has 1 fully saturated rings. The standard InChI is InChI=1S/C4H6N2O3/c1-6-4(8)5-2-3(7)9-6/h2H2,1H3,(H,5,8). The smallest absolute Gasteiger partial charge is 0.335 e. The summed E-state index contributed by atoms with van der Waals surface area (Å²) >= 11 is 0. The number of nitrogens with zero attached hydrogens (tertiary/aromatic N) is 1. The van der Waals surface area contributed by atoms with Crippen molar-refractivity contribution in [1.82, 2.24) is 10.4 Å². The maximum atomic E-state index is 10.5. The average Bonchev–Trinajstić information content (AvgIpc) is 1.80. The Kier molecular flexibility index (Phi) is 1.26. The molecule has 5 heteroatoms. The van der Waals surface area contributed by atoms with Gasteiger partial charge in [-0.3, -0.25) is 0 Å². The zero-order chi connectivity index (χ0) is 6.85. The number of carbonyl (C=O) groups excluding carboxylic acids is 2. The fourth-order valence-corrected chi connectivity index (χ4v) is 0.486. The van der Waals surface area contributed by atoms with Gasteiger partial charge in [0.05, 0.1) is 7.05 Å². The van der Waals surface area contributed by atoms with Crippen LogP contribution in [0.15, 0.2) is 0 Å². The molecule has 0 atom stereocenters. The van der Waals surface area contributed by atoms with Crippen molar-refractivity contribution < 1.29 is 14.4 Å². The molecular weight excluding hydrogens is 124 g/mol. The van der Waals surface area contributed by atoms with Gasteiger partial charge in [0.2, 0.25) is 0 Å². The Labute approximate surface area is 51.5 Å². The molecule has 2 amide bonds. The van der Waals surface area contributed by atoms with E-state index in [9.17, 15) is 9.59 Å². The molecule has 1 aliphatic rings. The van der Waals surface area contributed by atoms with Crippen LogP contribution in [0.1, 0.15) is 0 Å². The predicted octanol–water partition coefficient (Wildman–Crippen LogP) is -0.900. The number of rotatable bonds is 0. The SMILES string of the molecule is CN1OC(=O)CNC1=O. The van der Waals surface area contributed by atoms with Gasteiger partial charge in [0.1, 0.15) is 6.54 Å². The highest BCUT2D eigenvalue weighted by Gasteiger charge is 2.20. The second-order valence-electron chi connectivity index (χ2n) is 1.62. The third-order valence-corrected chi connectivity index (χ3v) is 0.909. The van der Waals surface area contributed by atoms with Crippen LogP contribution in [0.2, 0.25) is 0 Å². The molecule has 0 saturated carbocycles. The Morgan fingerprint density at radius 3 is 2.78 bits per heavy atom. The van der Waals surface area contributed by atoms with E-state index in [-0.39, 0.29) is 6.54 Å². The molecule has 1 aliphatic heterocycles. The number of hydroxylamine groups is 2. The van der Waals surface area contributed by atoms with Crippen molar-refractivity contribution in [2.45, 2.75) is 0 Å². The Hall–Kier alpha value is -1.26. The van der Waals surface area contributed by atoms with Crippen molar-refractivity contribution in [2.75, 3.05) is 13.6 Å². The van der Waals surface area contributed by atoms with E-state index in [0.29, 0.717) is 0 Å². The Balaban J connectivity index is 2.54. The van der Waals surface area contributed by atoms with E-state index in [4.69, 9.17) is 0 Å². The number of amides is 2. The lowest BCUT2D eigenvalue weighted by atomic mass is 10.6. The van der Waals surface area contributed by atoms with Gasteiger partial charge < -0.3 is 10.2 Å². The Morgan fingerprint density at radius 2 is 2.33 bits per heavy atom. The number of nitrogens with one attached hydrogen (secondary N) is 1. The Morgan fingerprint density at radius 1 is 1.67 bits per heavy atom. The topological polar surface area (TPSA) is 58.6 Å². The Bertz CT molecular complexity index is 156. The molecule has 50 valence electrons. The summed E-state index contributed by atoms with van der Waals surface area (Å²) in [5.74, 6) is -0.447. The van der Waals surface area contributed by atoms with E-state index < -0.39 is 12.0 Å². The zero-order valence-electron chi connectivity index (χ0n) is 4.88. The predicted molar refractivity (Wildman–Crippen MR) is 27.3 cm³/mol. The molecule has 0 aromatic carbocycles. The highest BCUT2D eigenvalue weighted by Crippen LogP contribution is 1.92. The van der Waals surface area contributed by atoms with E-state index in [1.807, 2.05) is 0 Å². The summed E-state index contributed by atoms with van der Waals surface area (Å²) in [6, 6.07) is -0.394. The van der Waals surface area contributed by atoms with Gasteiger partial charge in [-0.05, 0) is 0 Å². The largest absolute Gasteiger partial charge is 0.351 e. The summed E-state index contributed by atoms with van der Waals surface area (Å²) in [6.45, 7) is -0.0385. The van der Waals surface area contributed by atoms with Crippen LogP contribution in [0.5, 0.6) is 0 Å². The maximum absolute atomic E-state index is 10.5. The van der Waals surface area contributed by atoms with E-state index in [1.165, 1.54) is 7.05 Å². The molecular formula is C4H6N2O3. The summed E-state index contributed by atoms with van der Waals surface area (Å²) < 4.78 is 0. The molecule has 0 aromatic rings. The quantitative estimate of drug-likeness (QED) is 0.462. The van der Waals surface area contributed by atoms with Crippen LogP contribution in [-0.2, 0) is 9.63 Å². The second kappa shape index (κ2) is 1.93. The molecule has 0 bridgehead atoms. The molecule has 1 N–H and O–H groups in total. The van der Waals surface area contributed by atoms with Gasteiger partial charge in [-0.2, -0.15) is 5.06 Å². The third kappa shape index (κ3) is 1.10. The number of urea groups is 1. The summed E-state index contributed by atoms with van der Waals surface area (Å²) in [4.78, 5) is 25.2. The van der Waals surface area contributed by atoms with Gasteiger partial charge in [-0.1, -0.05) is 0 Å². The summed E-state index contributed by atoms with van der Waals surface area (Å²) in [5.41, 5.74) is 0. The number of carbonyl (C=O) groups is 2. The minimum Gasteiger partial charge on any atom is -0.335 e. The molecule has 0 spiro atoms. The van der Waals surface area contributed by atoms with Crippen molar-refractivity contribution in [3.8, 4) is 0 Å². The first-order chi connectivity index (χ1) is 4.20. The van der Waals surface area contributed by atoms with Crippen LogP contribution in [0.3, 0.4) is 0 Å². The van der Waals surface area contributed by atoms with Crippen LogP contribution < -0.4 is 5.32 Å². The van der Waals surface area contributed by atoms with E-state index in [1.54, 1.807) is 0 Å². The van der Waals surface area contributed by atoms with Crippen LogP contribution >= 0.6 is 0 Å². The van der Waals surface area contributed by atoms with E-state index in [0.717, 1.165) is 5.06 Å². The first-order valence-corrected chi connectivity index (χ1v) is 2.42. The molecule has 5 nitrogen and oxygen atoms in total. The summed E-state index contributed by atoms with van der Waals surface area (Å²) in [6.07, 6.45) is 0. The number of hydrogen-bond acceptors (Lipinski definition) is 3. The fourth-order valence-electron chi connectivity index (χ4n) is 0.486. The van der Waals surface area contributed by atoms with Gasteiger partial charge in [-0.25, -0.2) is 9.59 Å². The lowest BCUT2D eigenvalue weighted by Crippen LogP contribution is -2.47. The lowest BCUT2D eigenvalue weighted by Gasteiger charge is -2.20. The minimum atomic E-state index is -0.447. The summed E-state index contributed by atoms with van der Waals surface area (Å²) in [5, 5.41) is 3.15. The molecule has 0 aromatic heterocycles. The third-order valence-electron chi connectivity index (χ3n) is 0.909. The average molecular weight is 130 g/mol. The molecule has 1 heterocycles. The maximum Gasteiger partial charge on any atom is 0.351 e. The van der Waals surface area contributed by atoms with Gasteiger partial charge in [0.15, 0.2) is 0 Å².